The van der Waals surface area contributed by atoms with Gasteiger partial charge in [0.2, 0.25) is 0 Å². The molecule has 0 radical (unpaired) electrons. The SMILES string of the molecule is CCCCCCCCON1C(C)(C)CC(C(CCCCCCCC(=O)O)(C(=O)O)C2CC(C)(C)N(OCCCCCCCC)C(C)(C)C2)CC1(C)C.CCCCCCCCON1C(C)(C)CC(OC(=O)CCCCCCCCC(=O)OC2CC(C)(C)N(OCCCCCCCC)C(C)(C)C2)CC1(C)C. The van der Waals surface area contributed by atoms with Gasteiger partial charge in [0.05, 0.1) is 31.8 Å². The van der Waals surface area contributed by atoms with E-state index in [1.54, 1.807) is 0 Å². The minimum atomic E-state index is -0.888. The van der Waals surface area contributed by atoms with Crippen LogP contribution in [0.3, 0.4) is 0 Å². The van der Waals surface area contributed by atoms with Gasteiger partial charge in [0, 0.05) is 89.3 Å². The van der Waals surface area contributed by atoms with E-state index in [0.29, 0.717) is 38.9 Å². The Morgan fingerprint density at radius 3 is 0.750 bits per heavy atom. The maximum atomic E-state index is 14.2. The van der Waals surface area contributed by atoms with E-state index in [2.05, 4.69) is 159 Å². The van der Waals surface area contributed by atoms with Crippen molar-refractivity contribution in [1.29, 1.82) is 0 Å². The number of carbonyl (C=O) groups is 4. The number of carboxylic acids is 2. The van der Waals surface area contributed by atoms with E-state index in [0.717, 1.165) is 154 Å². The van der Waals surface area contributed by atoms with E-state index in [-0.39, 0.29) is 86.7 Å². The Bertz CT molecular complexity index is 2140. The lowest BCUT2D eigenvalue weighted by molar-refractivity contribution is -0.307. The number of rotatable bonds is 54. The van der Waals surface area contributed by atoms with Crippen molar-refractivity contribution in [2.75, 3.05) is 26.4 Å². The van der Waals surface area contributed by atoms with Gasteiger partial charge >= 0.3 is 23.9 Å². The van der Waals surface area contributed by atoms with Crippen molar-refractivity contribution in [1.82, 2.24) is 20.3 Å². The summed E-state index contributed by atoms with van der Waals surface area (Å²) in [6.45, 7) is 47.6. The number of aliphatic carboxylic acids is 2. The zero-order valence-corrected chi connectivity index (χ0v) is 71.6. The number of piperidine rings is 4. The molecule has 4 fully saturated rings. The van der Waals surface area contributed by atoms with Gasteiger partial charge in [0.25, 0.3) is 0 Å². The van der Waals surface area contributed by atoms with Gasteiger partial charge < -0.3 is 19.7 Å². The maximum Gasteiger partial charge on any atom is 0.310 e. The molecule has 0 bridgehead atoms. The highest BCUT2D eigenvalue weighted by Crippen LogP contribution is 2.59. The normalized spacial score (nSPS) is 20.8. The highest BCUT2D eigenvalue weighted by Gasteiger charge is 2.62. The predicted molar refractivity (Wildman–Crippen MR) is 428 cm³/mol. The summed E-state index contributed by atoms with van der Waals surface area (Å²) in [5, 5.41) is 29.5. The average molecular weight is 1470 g/mol. The van der Waals surface area contributed by atoms with Crippen LogP contribution in [0, 0.1) is 17.3 Å². The summed E-state index contributed by atoms with van der Waals surface area (Å²) < 4.78 is 12.0. The first-order valence-corrected chi connectivity index (χ1v) is 43.5. The lowest BCUT2D eigenvalue weighted by Crippen LogP contribution is -2.67. The minimum Gasteiger partial charge on any atom is -0.481 e. The van der Waals surface area contributed by atoms with Crippen molar-refractivity contribution < 1.29 is 58.2 Å². The number of nitrogens with zero attached hydrogens (tertiary/aromatic N) is 4. The van der Waals surface area contributed by atoms with Gasteiger partial charge in [-0.15, -0.1) is 0 Å². The molecule has 16 heteroatoms. The molecule has 612 valence electrons. The van der Waals surface area contributed by atoms with E-state index >= 15 is 0 Å². The number of esters is 2. The Morgan fingerprint density at radius 1 is 0.298 bits per heavy atom. The topological polar surface area (TPSA) is 177 Å². The fourth-order valence-electron chi connectivity index (χ4n) is 19.5. The van der Waals surface area contributed by atoms with Gasteiger partial charge in [-0.05, 0) is 200 Å². The third-order valence-corrected chi connectivity index (χ3v) is 23.6. The standard InChI is InChI=1S/2C44H84N2O6/c1-11-13-15-17-23-27-31-49-45-41(3,4)33-37(34-42(45,5)6)51-39(47)29-25-21-19-20-22-26-30-40(48)52-38-35-43(7,8)46(44(9,10)36-38)50-32-28-24-18-16-14-12-2;1-11-13-15-17-22-26-30-51-45-40(3,4)32-36(33-41(45,5)6)44(39(49)50,29-25-21-19-20-24-28-38(47)48)37-34-42(7,8)46(43(9,10)35-37)52-31-27-23-18-16-14-12-2/h37-38H,11-36H2,1-10H3;36-37H,11-35H2,1-10H3,(H,47,48)(H,49,50). The van der Waals surface area contributed by atoms with Crippen molar-refractivity contribution in [2.45, 2.75) is 497 Å². The van der Waals surface area contributed by atoms with Crippen molar-refractivity contribution >= 4 is 23.9 Å². The van der Waals surface area contributed by atoms with Crippen molar-refractivity contribution in [3.8, 4) is 0 Å². The van der Waals surface area contributed by atoms with Crippen molar-refractivity contribution in [3.63, 3.8) is 0 Å². The molecule has 0 aromatic carbocycles. The fourth-order valence-corrected chi connectivity index (χ4v) is 19.5. The summed E-state index contributed by atoms with van der Waals surface area (Å²) in [4.78, 5) is 76.7. The smallest absolute Gasteiger partial charge is 0.310 e. The van der Waals surface area contributed by atoms with Crippen LogP contribution < -0.4 is 0 Å². The second-order valence-electron chi connectivity index (χ2n) is 38.0. The lowest BCUT2D eigenvalue weighted by Gasteiger charge is -2.61. The second kappa shape index (κ2) is 47.7. The third kappa shape index (κ3) is 33.6. The van der Waals surface area contributed by atoms with Crippen LogP contribution in [0.2, 0.25) is 0 Å². The van der Waals surface area contributed by atoms with Crippen LogP contribution in [-0.2, 0) is 48.0 Å². The Balaban J connectivity index is 0.000000540. The molecule has 4 saturated heterocycles. The number of carboxylic acid groups (broad SMARTS) is 2. The fraction of sp³-hybridized carbons (Fsp3) is 0.955. The Kier molecular flexibility index (Phi) is 43.9. The number of ether oxygens (including phenoxy) is 2. The first-order chi connectivity index (χ1) is 48.9. The zero-order valence-electron chi connectivity index (χ0n) is 71.6. The number of hydroxylamine groups is 8. The molecule has 0 amide bonds. The van der Waals surface area contributed by atoms with E-state index in [1.165, 1.54) is 128 Å². The summed E-state index contributed by atoms with van der Waals surface area (Å²) in [5.74, 6) is -1.57. The molecule has 0 aromatic heterocycles. The van der Waals surface area contributed by atoms with Crippen LogP contribution in [0.25, 0.3) is 0 Å². The molecule has 4 aliphatic heterocycles. The van der Waals surface area contributed by atoms with E-state index in [9.17, 15) is 24.3 Å². The van der Waals surface area contributed by atoms with E-state index < -0.39 is 17.4 Å². The summed E-state index contributed by atoms with van der Waals surface area (Å²) in [5.41, 5.74) is -2.98. The molecule has 104 heavy (non-hydrogen) atoms. The quantitative estimate of drug-likeness (QED) is 0.0434. The molecule has 16 nitrogen and oxygen atoms in total. The van der Waals surface area contributed by atoms with Crippen LogP contribution in [0.1, 0.15) is 440 Å². The summed E-state index contributed by atoms with van der Waals surface area (Å²) in [6, 6.07) is 0. The summed E-state index contributed by atoms with van der Waals surface area (Å²) in [6.07, 6.45) is 47.5. The number of hydrogen-bond donors (Lipinski definition) is 2. The molecule has 2 N–H and O–H groups in total. The Morgan fingerprint density at radius 2 is 0.510 bits per heavy atom. The molecule has 4 heterocycles. The van der Waals surface area contributed by atoms with E-state index in [1.807, 2.05) is 0 Å². The molecule has 4 aliphatic rings. The maximum absolute atomic E-state index is 14.2. The van der Waals surface area contributed by atoms with Gasteiger partial charge in [-0.2, -0.15) is 20.3 Å². The molecule has 0 atom stereocenters. The van der Waals surface area contributed by atoms with Gasteiger partial charge in [0.15, 0.2) is 0 Å². The first kappa shape index (κ1) is 95.8. The summed E-state index contributed by atoms with van der Waals surface area (Å²) >= 11 is 0. The van der Waals surface area contributed by atoms with Crippen LogP contribution in [-0.4, -0.2) is 137 Å². The molecular formula is C88H168N4O12. The average Bonchev–Trinajstić information content (AvgIpc) is 0.722. The highest BCUT2D eigenvalue weighted by atomic mass is 16.7. The van der Waals surface area contributed by atoms with Gasteiger partial charge in [0.1, 0.15) is 12.2 Å². The molecular weight excluding hydrogens is 1300 g/mol. The number of carbonyl (C=O) groups excluding carboxylic acids is 2. The second-order valence-corrected chi connectivity index (χ2v) is 38.0. The van der Waals surface area contributed by atoms with Crippen molar-refractivity contribution in [2.24, 2.45) is 17.3 Å². The van der Waals surface area contributed by atoms with Gasteiger partial charge in [-0.25, -0.2) is 0 Å². The number of unbranched alkanes of at least 4 members (excludes halogenated alkanes) is 29. The molecule has 0 aliphatic carbocycles. The minimum absolute atomic E-state index is 0.0110. The highest BCUT2D eigenvalue weighted by molar-refractivity contribution is 5.76. The molecule has 4 rings (SSSR count). The van der Waals surface area contributed by atoms with E-state index in [4.69, 9.17) is 33.9 Å². The molecule has 0 unspecified atom stereocenters. The molecule has 0 saturated carbocycles. The Labute approximate surface area is 639 Å². The monoisotopic (exact) mass is 1470 g/mol. The third-order valence-electron chi connectivity index (χ3n) is 23.6. The molecule has 0 aromatic rings. The molecule has 0 spiro atoms. The first-order valence-electron chi connectivity index (χ1n) is 43.5. The van der Waals surface area contributed by atoms with Crippen LogP contribution in [0.5, 0.6) is 0 Å². The number of hydrogen-bond acceptors (Lipinski definition) is 14. The van der Waals surface area contributed by atoms with Crippen LogP contribution in [0.15, 0.2) is 0 Å². The van der Waals surface area contributed by atoms with Gasteiger partial charge in [-0.3, -0.25) is 38.5 Å². The lowest BCUT2D eigenvalue weighted by atomic mass is 9.52. The predicted octanol–water partition coefficient (Wildman–Crippen LogP) is 23.8. The van der Waals surface area contributed by atoms with Crippen molar-refractivity contribution in [3.05, 3.63) is 0 Å². The van der Waals surface area contributed by atoms with Crippen LogP contribution in [0.4, 0.5) is 0 Å². The summed E-state index contributed by atoms with van der Waals surface area (Å²) in [7, 11) is 0. The van der Waals surface area contributed by atoms with Gasteiger partial charge in [-0.1, -0.05) is 207 Å². The zero-order chi connectivity index (χ0) is 77.7. The largest absolute Gasteiger partial charge is 0.481 e. The Hall–Kier alpha value is -2.44. The van der Waals surface area contributed by atoms with Crippen LogP contribution >= 0.6 is 0 Å².